The van der Waals surface area contributed by atoms with Crippen molar-refractivity contribution in [2.45, 2.75) is 32.2 Å². The maximum Gasteiger partial charge on any atom is 0.243 e. The van der Waals surface area contributed by atoms with Gasteiger partial charge in [-0.3, -0.25) is 0 Å². The van der Waals surface area contributed by atoms with Gasteiger partial charge in [0, 0.05) is 18.8 Å². The molecule has 1 aliphatic rings. The molecule has 1 aliphatic heterocycles. The fourth-order valence-corrected chi connectivity index (χ4v) is 2.87. The first-order chi connectivity index (χ1) is 9.70. The fraction of sp³-hybridized carbons (Fsp3) is 0.571. The van der Waals surface area contributed by atoms with Gasteiger partial charge in [-0.05, 0) is 45.0 Å². The molecule has 1 unspecified atom stereocenters. The van der Waals surface area contributed by atoms with Crippen LogP contribution in [0.1, 0.15) is 26.2 Å². The first-order valence-electron chi connectivity index (χ1n) is 7.21. The zero-order valence-electron chi connectivity index (χ0n) is 11.7. The first-order valence-corrected chi connectivity index (χ1v) is 7.59. The molecule has 20 heavy (non-hydrogen) atoms. The number of likely N-dealkylation sites (tertiary alicyclic amines) is 1. The van der Waals surface area contributed by atoms with Crippen LogP contribution in [0.25, 0.3) is 5.65 Å². The number of hydrogen-bond acceptors (Lipinski definition) is 4. The van der Waals surface area contributed by atoms with Crippen molar-refractivity contribution < 1.29 is 0 Å². The van der Waals surface area contributed by atoms with Crippen LogP contribution in [0.15, 0.2) is 18.3 Å². The predicted octanol–water partition coefficient (Wildman–Crippen LogP) is 2.67. The molecule has 0 amide bonds. The molecule has 0 radical (unpaired) electrons. The van der Waals surface area contributed by atoms with E-state index in [0.29, 0.717) is 17.0 Å². The van der Waals surface area contributed by atoms with Crippen LogP contribution in [0.2, 0.25) is 5.02 Å². The van der Waals surface area contributed by atoms with Gasteiger partial charge in [0.2, 0.25) is 5.95 Å². The summed E-state index contributed by atoms with van der Waals surface area (Å²) >= 11 is 5.95. The normalized spacial score (nSPS) is 18.3. The van der Waals surface area contributed by atoms with Gasteiger partial charge >= 0.3 is 0 Å². The van der Waals surface area contributed by atoms with E-state index in [1.165, 1.54) is 32.4 Å². The van der Waals surface area contributed by atoms with Crippen LogP contribution in [0.4, 0.5) is 5.95 Å². The van der Waals surface area contributed by atoms with Gasteiger partial charge in [0.1, 0.15) is 0 Å². The summed E-state index contributed by atoms with van der Waals surface area (Å²) < 4.78 is 1.71. The SMILES string of the molecule is CC(CN1CCCCC1)Nc1nc2ccc(Cl)cn2n1. The van der Waals surface area contributed by atoms with Crippen molar-refractivity contribution in [1.29, 1.82) is 0 Å². The quantitative estimate of drug-likeness (QED) is 0.941. The lowest BCUT2D eigenvalue weighted by molar-refractivity contribution is 0.223. The minimum Gasteiger partial charge on any atom is -0.349 e. The number of pyridine rings is 1. The van der Waals surface area contributed by atoms with Crippen molar-refractivity contribution in [2.75, 3.05) is 25.0 Å². The Morgan fingerprint density at radius 1 is 1.30 bits per heavy atom. The van der Waals surface area contributed by atoms with Crippen molar-refractivity contribution in [1.82, 2.24) is 19.5 Å². The van der Waals surface area contributed by atoms with E-state index < -0.39 is 0 Å². The molecule has 108 valence electrons. The lowest BCUT2D eigenvalue weighted by atomic mass is 10.1. The van der Waals surface area contributed by atoms with Crippen molar-refractivity contribution in [3.8, 4) is 0 Å². The molecule has 0 aromatic carbocycles. The van der Waals surface area contributed by atoms with Gasteiger partial charge < -0.3 is 10.2 Å². The summed E-state index contributed by atoms with van der Waals surface area (Å²) in [6.07, 6.45) is 5.77. The van der Waals surface area contributed by atoms with Crippen LogP contribution in [-0.4, -0.2) is 45.2 Å². The van der Waals surface area contributed by atoms with Crippen molar-refractivity contribution in [2.24, 2.45) is 0 Å². The Morgan fingerprint density at radius 2 is 2.10 bits per heavy atom. The average molecular weight is 294 g/mol. The monoisotopic (exact) mass is 293 g/mol. The third kappa shape index (κ3) is 3.22. The van der Waals surface area contributed by atoms with Gasteiger partial charge in [-0.25, -0.2) is 4.52 Å². The molecule has 0 spiro atoms. The zero-order chi connectivity index (χ0) is 13.9. The van der Waals surface area contributed by atoms with Crippen LogP contribution in [0.5, 0.6) is 0 Å². The average Bonchev–Trinajstić information content (AvgIpc) is 2.80. The van der Waals surface area contributed by atoms with Gasteiger partial charge in [-0.1, -0.05) is 18.0 Å². The number of piperidine rings is 1. The summed E-state index contributed by atoms with van der Waals surface area (Å²) in [7, 11) is 0. The maximum absolute atomic E-state index is 5.95. The number of hydrogen-bond donors (Lipinski definition) is 1. The molecule has 3 rings (SSSR count). The van der Waals surface area contributed by atoms with Gasteiger partial charge in [0.15, 0.2) is 5.65 Å². The molecule has 0 aliphatic carbocycles. The molecule has 1 fully saturated rings. The highest BCUT2D eigenvalue weighted by molar-refractivity contribution is 6.30. The standard InChI is InChI=1S/C14H20ClN5/c1-11(9-19-7-3-2-4-8-19)16-14-17-13-6-5-12(15)10-20(13)18-14/h5-6,10-11H,2-4,7-9H2,1H3,(H,16,18). The lowest BCUT2D eigenvalue weighted by Crippen LogP contribution is -2.38. The van der Waals surface area contributed by atoms with Gasteiger partial charge in [-0.2, -0.15) is 4.98 Å². The van der Waals surface area contributed by atoms with E-state index in [4.69, 9.17) is 11.6 Å². The highest BCUT2D eigenvalue weighted by atomic mass is 35.5. The van der Waals surface area contributed by atoms with Crippen molar-refractivity contribution >= 4 is 23.2 Å². The maximum atomic E-state index is 5.95. The molecule has 2 aromatic heterocycles. The minimum absolute atomic E-state index is 0.334. The number of aromatic nitrogens is 3. The Morgan fingerprint density at radius 3 is 2.90 bits per heavy atom. The molecular formula is C14H20ClN5. The van der Waals surface area contributed by atoms with Gasteiger partial charge in [0.05, 0.1) is 5.02 Å². The molecule has 3 heterocycles. The highest BCUT2D eigenvalue weighted by Gasteiger charge is 2.14. The Kier molecular flexibility index (Phi) is 4.08. The second-order valence-electron chi connectivity index (χ2n) is 5.49. The Labute approximate surface area is 123 Å². The summed E-state index contributed by atoms with van der Waals surface area (Å²) in [5.41, 5.74) is 0.807. The van der Waals surface area contributed by atoms with Crippen molar-refractivity contribution in [3.63, 3.8) is 0 Å². The minimum atomic E-state index is 0.334. The number of fused-ring (bicyclic) bond motifs is 1. The summed E-state index contributed by atoms with van der Waals surface area (Å²) in [5, 5.41) is 8.43. The molecule has 1 N–H and O–H groups in total. The van der Waals surface area contributed by atoms with Crippen LogP contribution in [-0.2, 0) is 0 Å². The van der Waals surface area contributed by atoms with Crippen LogP contribution >= 0.6 is 11.6 Å². The van der Waals surface area contributed by atoms with E-state index in [2.05, 4.69) is 27.2 Å². The van der Waals surface area contributed by atoms with Gasteiger partial charge in [-0.15, -0.1) is 5.10 Å². The number of nitrogens with zero attached hydrogens (tertiary/aromatic N) is 4. The molecule has 0 saturated carbocycles. The first kappa shape index (κ1) is 13.6. The van der Waals surface area contributed by atoms with Crippen molar-refractivity contribution in [3.05, 3.63) is 23.4 Å². The van der Waals surface area contributed by atoms with Crippen LogP contribution in [0.3, 0.4) is 0 Å². The molecule has 1 atom stereocenters. The summed E-state index contributed by atoms with van der Waals surface area (Å²) in [4.78, 5) is 6.96. The molecular weight excluding hydrogens is 274 g/mol. The Hall–Kier alpha value is -1.33. The van der Waals surface area contributed by atoms with E-state index in [1.807, 2.05) is 12.1 Å². The zero-order valence-corrected chi connectivity index (χ0v) is 12.5. The predicted molar refractivity (Wildman–Crippen MR) is 81.4 cm³/mol. The number of anilines is 1. The van der Waals surface area contributed by atoms with Gasteiger partial charge in [0.25, 0.3) is 0 Å². The Bertz CT molecular complexity index is 576. The Balaban J connectivity index is 1.63. The lowest BCUT2D eigenvalue weighted by Gasteiger charge is -2.29. The van der Waals surface area contributed by atoms with Crippen LogP contribution in [0, 0.1) is 0 Å². The van der Waals surface area contributed by atoms with E-state index in [9.17, 15) is 0 Å². The number of halogens is 1. The number of nitrogens with one attached hydrogen (secondary N) is 1. The topological polar surface area (TPSA) is 45.5 Å². The van der Waals surface area contributed by atoms with E-state index >= 15 is 0 Å². The summed E-state index contributed by atoms with van der Waals surface area (Å²) in [6.45, 7) is 5.63. The smallest absolute Gasteiger partial charge is 0.243 e. The highest BCUT2D eigenvalue weighted by Crippen LogP contribution is 2.13. The molecule has 1 saturated heterocycles. The third-order valence-corrected chi connectivity index (χ3v) is 3.87. The third-order valence-electron chi connectivity index (χ3n) is 3.65. The second kappa shape index (κ2) is 5.97. The second-order valence-corrected chi connectivity index (χ2v) is 5.93. The molecule has 0 bridgehead atoms. The molecule has 6 heteroatoms. The fourth-order valence-electron chi connectivity index (χ4n) is 2.71. The van der Waals surface area contributed by atoms with E-state index in [1.54, 1.807) is 10.7 Å². The summed E-state index contributed by atoms with van der Waals surface area (Å²) in [6, 6.07) is 4.03. The number of rotatable bonds is 4. The largest absolute Gasteiger partial charge is 0.349 e. The van der Waals surface area contributed by atoms with Crippen LogP contribution < -0.4 is 5.32 Å². The molecule has 5 nitrogen and oxygen atoms in total. The summed E-state index contributed by atoms with van der Waals surface area (Å²) in [5.74, 6) is 0.664. The van der Waals surface area contributed by atoms with E-state index in [0.717, 1.165) is 12.2 Å². The molecule has 2 aromatic rings. The van der Waals surface area contributed by atoms with E-state index in [-0.39, 0.29) is 0 Å².